The molecule has 0 heterocycles. The van der Waals surface area contributed by atoms with Crippen LogP contribution in [0, 0.1) is 11.6 Å². The SMILES string of the molecule is CSCCC(C)N(C)S(=O)(=O)c1cc(CN)cc(F)c1F. The molecule has 1 aromatic carbocycles. The number of halogens is 2. The summed E-state index contributed by atoms with van der Waals surface area (Å²) in [6.45, 7) is 1.67. The number of rotatable bonds is 7. The number of nitrogens with two attached hydrogens (primary N) is 1. The van der Waals surface area contributed by atoms with Gasteiger partial charge in [-0.2, -0.15) is 16.1 Å². The van der Waals surface area contributed by atoms with E-state index in [4.69, 9.17) is 5.73 Å². The summed E-state index contributed by atoms with van der Waals surface area (Å²) in [5.74, 6) is -1.79. The topological polar surface area (TPSA) is 63.4 Å². The molecule has 0 amide bonds. The van der Waals surface area contributed by atoms with Gasteiger partial charge in [0, 0.05) is 19.6 Å². The van der Waals surface area contributed by atoms with Gasteiger partial charge < -0.3 is 5.73 Å². The summed E-state index contributed by atoms with van der Waals surface area (Å²) in [7, 11) is -2.73. The molecule has 8 heteroatoms. The van der Waals surface area contributed by atoms with Gasteiger partial charge in [0.1, 0.15) is 4.90 Å². The molecule has 0 bridgehead atoms. The zero-order chi connectivity index (χ0) is 16.2. The van der Waals surface area contributed by atoms with E-state index in [0.717, 1.165) is 22.2 Å². The van der Waals surface area contributed by atoms with Crippen LogP contribution in [0.1, 0.15) is 18.9 Å². The molecule has 21 heavy (non-hydrogen) atoms. The largest absolute Gasteiger partial charge is 0.326 e. The van der Waals surface area contributed by atoms with Crippen LogP contribution in [0.15, 0.2) is 17.0 Å². The third-order valence-electron chi connectivity index (χ3n) is 3.31. The van der Waals surface area contributed by atoms with Gasteiger partial charge in [0.25, 0.3) is 0 Å². The van der Waals surface area contributed by atoms with E-state index in [-0.39, 0.29) is 18.2 Å². The van der Waals surface area contributed by atoms with Gasteiger partial charge in [0.2, 0.25) is 10.0 Å². The Bertz CT molecular complexity index is 594. The van der Waals surface area contributed by atoms with E-state index in [2.05, 4.69) is 0 Å². The van der Waals surface area contributed by atoms with Crippen LogP contribution < -0.4 is 5.73 Å². The Balaban J connectivity index is 3.21. The van der Waals surface area contributed by atoms with Crippen molar-refractivity contribution in [1.29, 1.82) is 0 Å². The average molecular weight is 338 g/mol. The summed E-state index contributed by atoms with van der Waals surface area (Å²) in [6, 6.07) is 1.68. The highest BCUT2D eigenvalue weighted by atomic mass is 32.2. The molecule has 0 aliphatic rings. The van der Waals surface area contributed by atoms with Crippen molar-refractivity contribution in [2.45, 2.75) is 30.8 Å². The Kier molecular flexibility index (Phi) is 6.58. The molecule has 0 spiro atoms. The molecular formula is C13H20F2N2O2S2. The molecule has 1 atom stereocenters. The molecule has 1 rings (SSSR count). The number of benzene rings is 1. The zero-order valence-electron chi connectivity index (χ0n) is 12.3. The van der Waals surface area contributed by atoms with Gasteiger partial charge in [0.05, 0.1) is 0 Å². The first kappa shape index (κ1) is 18.3. The predicted octanol–water partition coefficient (Wildman–Crippen LogP) is 2.19. The summed E-state index contributed by atoms with van der Waals surface area (Å²) in [6.07, 6.45) is 2.54. The van der Waals surface area contributed by atoms with Gasteiger partial charge >= 0.3 is 0 Å². The molecule has 4 nitrogen and oxygen atoms in total. The van der Waals surface area contributed by atoms with Crippen molar-refractivity contribution in [1.82, 2.24) is 4.31 Å². The minimum absolute atomic E-state index is 0.0640. The van der Waals surface area contributed by atoms with E-state index in [1.54, 1.807) is 18.7 Å². The molecule has 0 saturated carbocycles. The summed E-state index contributed by atoms with van der Waals surface area (Å²) in [4.78, 5) is -0.665. The maximum atomic E-state index is 13.9. The average Bonchev–Trinajstić information content (AvgIpc) is 2.46. The van der Waals surface area contributed by atoms with Crippen LogP contribution >= 0.6 is 11.8 Å². The number of nitrogens with zero attached hydrogens (tertiary/aromatic N) is 1. The van der Waals surface area contributed by atoms with Crippen molar-refractivity contribution in [3.05, 3.63) is 29.3 Å². The molecule has 0 aliphatic heterocycles. The van der Waals surface area contributed by atoms with Gasteiger partial charge in [-0.15, -0.1) is 0 Å². The monoisotopic (exact) mass is 338 g/mol. The van der Waals surface area contributed by atoms with Crippen molar-refractivity contribution in [3.63, 3.8) is 0 Å². The second-order valence-corrected chi connectivity index (χ2v) is 7.70. The van der Waals surface area contributed by atoms with Gasteiger partial charge in [0.15, 0.2) is 11.6 Å². The Morgan fingerprint density at radius 1 is 1.38 bits per heavy atom. The van der Waals surface area contributed by atoms with Crippen molar-refractivity contribution in [3.8, 4) is 0 Å². The Morgan fingerprint density at radius 3 is 2.52 bits per heavy atom. The van der Waals surface area contributed by atoms with Crippen LogP contribution in [0.5, 0.6) is 0 Å². The molecule has 0 fully saturated rings. The van der Waals surface area contributed by atoms with E-state index in [9.17, 15) is 17.2 Å². The first-order valence-electron chi connectivity index (χ1n) is 6.40. The van der Waals surface area contributed by atoms with Crippen molar-refractivity contribution in [2.24, 2.45) is 5.73 Å². The highest BCUT2D eigenvalue weighted by molar-refractivity contribution is 7.98. The smallest absolute Gasteiger partial charge is 0.246 e. The van der Waals surface area contributed by atoms with Crippen LogP contribution in [-0.4, -0.2) is 37.8 Å². The summed E-state index contributed by atoms with van der Waals surface area (Å²) in [5.41, 5.74) is 5.62. The van der Waals surface area contributed by atoms with Crippen molar-refractivity contribution < 1.29 is 17.2 Å². The van der Waals surface area contributed by atoms with Gasteiger partial charge in [-0.05, 0) is 43.0 Å². The summed E-state index contributed by atoms with van der Waals surface area (Å²) in [5, 5.41) is 0. The van der Waals surface area contributed by atoms with Gasteiger partial charge in [-0.3, -0.25) is 0 Å². The lowest BCUT2D eigenvalue weighted by Crippen LogP contribution is -2.36. The molecular weight excluding hydrogens is 318 g/mol. The zero-order valence-corrected chi connectivity index (χ0v) is 13.9. The van der Waals surface area contributed by atoms with Crippen LogP contribution in [0.3, 0.4) is 0 Å². The Labute approximate surface area is 128 Å². The quantitative estimate of drug-likeness (QED) is 0.828. The van der Waals surface area contributed by atoms with E-state index in [0.29, 0.717) is 6.42 Å². The van der Waals surface area contributed by atoms with Gasteiger partial charge in [-0.1, -0.05) is 0 Å². The standard InChI is InChI=1S/C13H20F2N2O2S2/c1-9(4-5-20-3)17(2)21(18,19)12-7-10(8-16)6-11(14)13(12)15/h6-7,9H,4-5,8,16H2,1-3H3. The summed E-state index contributed by atoms with van der Waals surface area (Å²) >= 11 is 1.59. The molecule has 0 radical (unpaired) electrons. The molecule has 0 aliphatic carbocycles. The number of sulfonamides is 1. The van der Waals surface area contributed by atoms with Crippen LogP contribution in [0.4, 0.5) is 8.78 Å². The molecule has 0 saturated heterocycles. The molecule has 1 unspecified atom stereocenters. The third-order valence-corrected chi connectivity index (χ3v) is 5.92. The van der Waals surface area contributed by atoms with Gasteiger partial charge in [-0.25, -0.2) is 17.2 Å². The maximum absolute atomic E-state index is 13.9. The molecule has 120 valence electrons. The van der Waals surface area contributed by atoms with Crippen molar-refractivity contribution >= 4 is 21.8 Å². The summed E-state index contributed by atoms with van der Waals surface area (Å²) < 4.78 is 53.3. The Hall–Kier alpha value is -0.700. The number of thioether (sulfide) groups is 1. The first-order valence-corrected chi connectivity index (χ1v) is 9.24. The fraction of sp³-hybridized carbons (Fsp3) is 0.538. The predicted molar refractivity (Wildman–Crippen MR) is 81.7 cm³/mol. The molecule has 2 N–H and O–H groups in total. The number of hydrogen-bond donors (Lipinski definition) is 1. The second-order valence-electron chi connectivity index (χ2n) is 4.75. The first-order chi connectivity index (χ1) is 9.75. The lowest BCUT2D eigenvalue weighted by atomic mass is 10.2. The van der Waals surface area contributed by atoms with Crippen LogP contribution in [0.25, 0.3) is 0 Å². The minimum atomic E-state index is -4.10. The van der Waals surface area contributed by atoms with E-state index in [1.807, 2.05) is 6.26 Å². The van der Waals surface area contributed by atoms with Crippen molar-refractivity contribution in [2.75, 3.05) is 19.1 Å². The fourth-order valence-electron chi connectivity index (χ4n) is 1.79. The van der Waals surface area contributed by atoms with E-state index in [1.165, 1.54) is 7.05 Å². The lowest BCUT2D eigenvalue weighted by molar-refractivity contribution is 0.377. The second kappa shape index (κ2) is 7.53. The Morgan fingerprint density at radius 2 is 2.00 bits per heavy atom. The van der Waals surface area contributed by atoms with E-state index >= 15 is 0 Å². The van der Waals surface area contributed by atoms with Crippen LogP contribution in [-0.2, 0) is 16.6 Å². The third kappa shape index (κ3) is 4.15. The minimum Gasteiger partial charge on any atom is -0.326 e. The molecule has 1 aromatic rings. The number of hydrogen-bond acceptors (Lipinski definition) is 4. The maximum Gasteiger partial charge on any atom is 0.246 e. The molecule has 0 aromatic heterocycles. The lowest BCUT2D eigenvalue weighted by Gasteiger charge is -2.24. The highest BCUT2D eigenvalue weighted by Crippen LogP contribution is 2.24. The highest BCUT2D eigenvalue weighted by Gasteiger charge is 2.29. The normalized spacial score (nSPS) is 13.7. The fourth-order valence-corrected chi connectivity index (χ4v) is 3.88. The van der Waals surface area contributed by atoms with Crippen LogP contribution in [0.2, 0.25) is 0 Å². The van der Waals surface area contributed by atoms with E-state index < -0.39 is 26.6 Å².